The monoisotopic (exact) mass is 337 g/mol. The van der Waals surface area contributed by atoms with Gasteiger partial charge in [-0.25, -0.2) is 8.78 Å². The van der Waals surface area contributed by atoms with Crippen molar-refractivity contribution in [3.05, 3.63) is 35.4 Å². The first-order valence-corrected chi connectivity index (χ1v) is 8.24. The zero-order valence-electron chi connectivity index (χ0n) is 13.5. The van der Waals surface area contributed by atoms with Crippen LogP contribution in [0.3, 0.4) is 0 Å². The summed E-state index contributed by atoms with van der Waals surface area (Å²) in [5.74, 6) is -0.491. The lowest BCUT2D eigenvalue weighted by molar-refractivity contribution is 0.0633. The van der Waals surface area contributed by atoms with Crippen molar-refractivity contribution in [1.29, 1.82) is 0 Å². The minimum atomic E-state index is -2.31. The molecule has 0 spiro atoms. The third kappa shape index (κ3) is 3.62. The summed E-state index contributed by atoms with van der Waals surface area (Å²) in [7, 11) is 0. The first-order chi connectivity index (χ1) is 11.6. The van der Waals surface area contributed by atoms with E-state index in [2.05, 4.69) is 4.90 Å². The predicted molar refractivity (Wildman–Crippen MR) is 85.3 cm³/mol. The number of carbonyl (C=O) groups is 2. The quantitative estimate of drug-likeness (QED) is 0.765. The van der Waals surface area contributed by atoms with Gasteiger partial charge in [-0.3, -0.25) is 19.4 Å². The molecule has 0 bridgehead atoms. The highest BCUT2D eigenvalue weighted by Crippen LogP contribution is 2.22. The van der Waals surface area contributed by atoms with Gasteiger partial charge in [-0.05, 0) is 31.6 Å². The van der Waals surface area contributed by atoms with Gasteiger partial charge in [0.25, 0.3) is 18.2 Å². The fourth-order valence-corrected chi connectivity index (χ4v) is 3.31. The number of hydrogen-bond donors (Lipinski definition) is 0. The highest BCUT2D eigenvalue weighted by molar-refractivity contribution is 6.21. The molecule has 0 atom stereocenters. The molecule has 130 valence electrons. The maximum Gasteiger partial charge on any atom is 0.261 e. The van der Waals surface area contributed by atoms with Crippen molar-refractivity contribution in [1.82, 2.24) is 14.7 Å². The Balaban J connectivity index is 1.53. The number of alkyl halides is 2. The molecular formula is C17H21F2N3O2. The topological polar surface area (TPSA) is 43.9 Å². The fourth-order valence-electron chi connectivity index (χ4n) is 3.31. The second-order valence-electron chi connectivity index (χ2n) is 6.19. The number of benzene rings is 1. The Morgan fingerprint density at radius 1 is 0.875 bits per heavy atom. The molecule has 0 aromatic heterocycles. The van der Waals surface area contributed by atoms with Gasteiger partial charge in [-0.15, -0.1) is 0 Å². The molecule has 1 aromatic rings. The number of fused-ring (bicyclic) bond motifs is 1. The molecule has 0 aliphatic carbocycles. The molecule has 1 aromatic carbocycles. The molecule has 0 saturated carbocycles. The third-order valence-corrected chi connectivity index (χ3v) is 4.60. The van der Waals surface area contributed by atoms with E-state index in [1.807, 2.05) is 0 Å². The number of amides is 2. The highest BCUT2D eigenvalue weighted by atomic mass is 19.3. The Morgan fingerprint density at radius 3 is 2.08 bits per heavy atom. The molecule has 1 saturated heterocycles. The van der Waals surface area contributed by atoms with E-state index in [0.29, 0.717) is 43.9 Å². The summed E-state index contributed by atoms with van der Waals surface area (Å²) in [5.41, 5.74) is 0.919. The summed E-state index contributed by atoms with van der Waals surface area (Å²) < 4.78 is 25.0. The molecule has 7 heteroatoms. The molecule has 0 N–H and O–H groups in total. The summed E-state index contributed by atoms with van der Waals surface area (Å²) in [4.78, 5) is 29.8. The number of nitrogens with zero attached hydrogens (tertiary/aromatic N) is 3. The minimum Gasteiger partial charge on any atom is -0.300 e. The molecule has 3 rings (SSSR count). The molecule has 1 fully saturated rings. The van der Waals surface area contributed by atoms with Crippen LogP contribution in [0.5, 0.6) is 0 Å². The Kier molecular flexibility index (Phi) is 5.20. The van der Waals surface area contributed by atoms with Crippen molar-refractivity contribution in [3.8, 4) is 0 Å². The van der Waals surface area contributed by atoms with Crippen molar-refractivity contribution in [2.24, 2.45) is 0 Å². The number of imide groups is 1. The van der Waals surface area contributed by atoms with Gasteiger partial charge in [-0.1, -0.05) is 12.1 Å². The van der Waals surface area contributed by atoms with E-state index in [4.69, 9.17) is 0 Å². The van der Waals surface area contributed by atoms with E-state index < -0.39 is 6.43 Å². The van der Waals surface area contributed by atoms with Crippen LogP contribution in [0.4, 0.5) is 8.78 Å². The second-order valence-corrected chi connectivity index (χ2v) is 6.19. The van der Waals surface area contributed by atoms with Crippen LogP contribution in [0.25, 0.3) is 0 Å². The molecule has 5 nitrogen and oxygen atoms in total. The van der Waals surface area contributed by atoms with Gasteiger partial charge in [0.15, 0.2) is 0 Å². The molecule has 2 aliphatic heterocycles. The van der Waals surface area contributed by atoms with Gasteiger partial charge in [0.05, 0.1) is 17.7 Å². The number of carbonyl (C=O) groups excluding carboxylic acids is 2. The molecule has 2 aliphatic rings. The van der Waals surface area contributed by atoms with E-state index in [9.17, 15) is 18.4 Å². The summed E-state index contributed by atoms with van der Waals surface area (Å²) in [6.07, 6.45) is -1.50. The van der Waals surface area contributed by atoms with E-state index in [1.165, 1.54) is 4.90 Å². The summed E-state index contributed by atoms with van der Waals surface area (Å²) in [6.45, 7) is 3.44. The van der Waals surface area contributed by atoms with Crippen LogP contribution in [-0.4, -0.2) is 78.8 Å². The van der Waals surface area contributed by atoms with Gasteiger partial charge in [-0.2, -0.15) is 0 Å². The molecule has 0 radical (unpaired) electrons. The van der Waals surface area contributed by atoms with Crippen molar-refractivity contribution >= 4 is 11.8 Å². The van der Waals surface area contributed by atoms with Crippen LogP contribution < -0.4 is 0 Å². The average molecular weight is 337 g/mol. The summed E-state index contributed by atoms with van der Waals surface area (Å²) in [5, 5.41) is 0. The van der Waals surface area contributed by atoms with Crippen LogP contribution in [0.1, 0.15) is 27.1 Å². The fraction of sp³-hybridized carbons (Fsp3) is 0.529. The lowest BCUT2D eigenvalue weighted by atomic mass is 10.1. The Morgan fingerprint density at radius 2 is 1.46 bits per heavy atom. The molecule has 0 unspecified atom stereocenters. The molecule has 2 amide bonds. The van der Waals surface area contributed by atoms with Gasteiger partial charge >= 0.3 is 0 Å². The average Bonchev–Trinajstić information content (AvgIpc) is 2.70. The van der Waals surface area contributed by atoms with Crippen LogP contribution in [-0.2, 0) is 0 Å². The van der Waals surface area contributed by atoms with E-state index in [0.717, 1.165) is 13.0 Å². The lowest BCUT2D eigenvalue weighted by Gasteiger charge is -2.23. The first-order valence-electron chi connectivity index (χ1n) is 8.24. The van der Waals surface area contributed by atoms with Crippen molar-refractivity contribution in [2.45, 2.75) is 12.8 Å². The molecule has 24 heavy (non-hydrogen) atoms. The first kappa shape index (κ1) is 17.0. The smallest absolute Gasteiger partial charge is 0.261 e. The van der Waals surface area contributed by atoms with E-state index in [-0.39, 0.29) is 18.4 Å². The largest absolute Gasteiger partial charge is 0.300 e. The molecule has 2 heterocycles. The standard InChI is InChI=1S/C17H21F2N3O2/c18-15(19)12-21-7-3-6-20(8-9-21)10-11-22-16(23)13-4-1-2-5-14(13)17(22)24/h1-2,4-5,15H,3,6-12H2. The van der Waals surface area contributed by atoms with Gasteiger partial charge in [0, 0.05) is 26.2 Å². The van der Waals surface area contributed by atoms with Crippen molar-refractivity contribution in [2.75, 3.05) is 45.8 Å². The van der Waals surface area contributed by atoms with Crippen molar-refractivity contribution < 1.29 is 18.4 Å². The third-order valence-electron chi connectivity index (χ3n) is 4.60. The van der Waals surface area contributed by atoms with Gasteiger partial charge in [0.2, 0.25) is 0 Å². The summed E-state index contributed by atoms with van der Waals surface area (Å²) in [6, 6.07) is 6.84. The normalized spacial score (nSPS) is 19.9. The number of halogens is 2. The highest BCUT2D eigenvalue weighted by Gasteiger charge is 2.35. The lowest BCUT2D eigenvalue weighted by Crippen LogP contribution is -2.40. The van der Waals surface area contributed by atoms with Gasteiger partial charge in [0.1, 0.15) is 0 Å². The predicted octanol–water partition coefficient (Wildman–Crippen LogP) is 1.56. The van der Waals surface area contributed by atoms with Crippen LogP contribution >= 0.6 is 0 Å². The maximum absolute atomic E-state index is 12.5. The summed E-state index contributed by atoms with van der Waals surface area (Å²) >= 11 is 0. The van der Waals surface area contributed by atoms with Crippen molar-refractivity contribution in [3.63, 3.8) is 0 Å². The number of rotatable bonds is 5. The SMILES string of the molecule is O=C1c2ccccc2C(=O)N1CCN1CCCN(CC(F)F)CC1. The Labute approximate surface area is 139 Å². The molecular weight excluding hydrogens is 316 g/mol. The van der Waals surface area contributed by atoms with Crippen LogP contribution in [0.2, 0.25) is 0 Å². The van der Waals surface area contributed by atoms with E-state index in [1.54, 1.807) is 29.2 Å². The maximum atomic E-state index is 12.5. The zero-order valence-corrected chi connectivity index (χ0v) is 13.5. The van der Waals surface area contributed by atoms with Gasteiger partial charge < -0.3 is 4.90 Å². The minimum absolute atomic E-state index is 0.188. The second kappa shape index (κ2) is 7.36. The zero-order chi connectivity index (χ0) is 17.1. The van der Waals surface area contributed by atoms with Crippen LogP contribution in [0.15, 0.2) is 24.3 Å². The van der Waals surface area contributed by atoms with E-state index >= 15 is 0 Å². The number of hydrogen-bond acceptors (Lipinski definition) is 4. The van der Waals surface area contributed by atoms with Crippen LogP contribution in [0, 0.1) is 0 Å². The Bertz CT molecular complexity index is 589. The Hall–Kier alpha value is -1.86.